The summed E-state index contributed by atoms with van der Waals surface area (Å²) in [6.45, 7) is -2.87. The summed E-state index contributed by atoms with van der Waals surface area (Å²) in [4.78, 5) is 7.43. The molecule has 0 aliphatic rings. The molecular formula is C14H8Cl2F2N2O. The lowest BCUT2D eigenvalue weighted by atomic mass is 10.2. The molecule has 0 atom stereocenters. The van der Waals surface area contributed by atoms with Gasteiger partial charge in [0.15, 0.2) is 0 Å². The third-order valence-electron chi connectivity index (χ3n) is 2.86. The topological polar surface area (TPSA) is 37.9 Å². The largest absolute Gasteiger partial charge is 0.435 e. The monoisotopic (exact) mass is 328 g/mol. The van der Waals surface area contributed by atoms with Crippen LogP contribution in [0.3, 0.4) is 0 Å². The van der Waals surface area contributed by atoms with Crippen LogP contribution in [0.2, 0.25) is 10.0 Å². The van der Waals surface area contributed by atoms with E-state index in [-0.39, 0.29) is 5.75 Å². The van der Waals surface area contributed by atoms with Gasteiger partial charge in [-0.1, -0.05) is 35.3 Å². The van der Waals surface area contributed by atoms with Gasteiger partial charge >= 0.3 is 6.61 Å². The van der Waals surface area contributed by atoms with Gasteiger partial charge < -0.3 is 9.72 Å². The maximum atomic E-state index is 12.2. The smallest absolute Gasteiger partial charge is 0.387 e. The number of nitrogens with zero attached hydrogens (tertiary/aromatic N) is 1. The van der Waals surface area contributed by atoms with Gasteiger partial charge in [-0.15, -0.1) is 0 Å². The van der Waals surface area contributed by atoms with E-state index in [2.05, 4.69) is 14.7 Å². The van der Waals surface area contributed by atoms with E-state index in [4.69, 9.17) is 23.2 Å². The molecule has 1 N–H and O–H groups in total. The Labute approximate surface area is 128 Å². The minimum absolute atomic E-state index is 0.0685. The number of fused-ring (bicyclic) bond motifs is 1. The summed E-state index contributed by atoms with van der Waals surface area (Å²) in [7, 11) is 0. The highest BCUT2D eigenvalue weighted by Crippen LogP contribution is 2.29. The van der Waals surface area contributed by atoms with Gasteiger partial charge in [0.05, 0.1) is 21.1 Å². The van der Waals surface area contributed by atoms with Crippen molar-refractivity contribution in [2.45, 2.75) is 6.61 Å². The van der Waals surface area contributed by atoms with Gasteiger partial charge in [0.25, 0.3) is 0 Å². The van der Waals surface area contributed by atoms with Gasteiger partial charge in [-0.3, -0.25) is 0 Å². The van der Waals surface area contributed by atoms with E-state index in [0.717, 1.165) is 0 Å². The maximum absolute atomic E-state index is 12.2. The molecule has 0 aliphatic carbocycles. The average Bonchev–Trinajstić information content (AvgIpc) is 2.82. The molecule has 108 valence electrons. The van der Waals surface area contributed by atoms with Gasteiger partial charge in [0.1, 0.15) is 11.6 Å². The number of rotatable bonds is 3. The molecule has 0 aliphatic heterocycles. The second kappa shape index (κ2) is 5.50. The molecular weight excluding hydrogens is 321 g/mol. The summed E-state index contributed by atoms with van der Waals surface area (Å²) in [5.74, 6) is 0.585. The van der Waals surface area contributed by atoms with Crippen molar-refractivity contribution in [1.29, 1.82) is 0 Å². The Morgan fingerprint density at radius 1 is 1.10 bits per heavy atom. The standard InChI is InChI=1S/C14H8Cl2F2N2O/c15-9-5-11-12(6-10(9)16)20-13(19-11)7-2-1-3-8(4-7)21-14(17)18/h1-6,14H,(H,19,20). The molecule has 0 radical (unpaired) electrons. The molecule has 7 heteroatoms. The Bertz CT molecular complexity index is 766. The third kappa shape index (κ3) is 2.94. The van der Waals surface area contributed by atoms with Crippen molar-refractivity contribution in [3.8, 4) is 17.1 Å². The van der Waals surface area contributed by atoms with Crippen molar-refractivity contribution in [2.75, 3.05) is 0 Å². The molecule has 0 amide bonds. The zero-order valence-corrected chi connectivity index (χ0v) is 11.9. The van der Waals surface area contributed by atoms with Crippen molar-refractivity contribution in [3.05, 3.63) is 46.4 Å². The Morgan fingerprint density at radius 3 is 2.62 bits per heavy atom. The number of ether oxygens (including phenoxy) is 1. The van der Waals surface area contributed by atoms with Gasteiger partial charge in [-0.05, 0) is 24.3 Å². The van der Waals surface area contributed by atoms with Gasteiger partial charge in [0, 0.05) is 5.56 Å². The number of halogens is 4. The second-order valence-corrected chi connectivity index (χ2v) is 5.09. The highest BCUT2D eigenvalue weighted by molar-refractivity contribution is 6.42. The molecule has 1 heterocycles. The first-order valence-corrected chi connectivity index (χ1v) is 6.68. The summed E-state index contributed by atoms with van der Waals surface area (Å²) in [5.41, 5.74) is 1.97. The van der Waals surface area contributed by atoms with Crippen LogP contribution in [0.1, 0.15) is 0 Å². The molecule has 0 saturated heterocycles. The van der Waals surface area contributed by atoms with Gasteiger partial charge in [-0.25, -0.2) is 4.98 Å². The van der Waals surface area contributed by atoms with Crippen LogP contribution in [0.25, 0.3) is 22.4 Å². The van der Waals surface area contributed by atoms with Crippen molar-refractivity contribution < 1.29 is 13.5 Å². The van der Waals surface area contributed by atoms with Crippen LogP contribution < -0.4 is 4.74 Å². The summed E-state index contributed by atoms with van der Waals surface area (Å²) in [5, 5.41) is 0.811. The van der Waals surface area contributed by atoms with Crippen LogP contribution in [-0.4, -0.2) is 16.6 Å². The molecule has 0 saturated carbocycles. The fourth-order valence-electron chi connectivity index (χ4n) is 1.96. The molecule has 3 nitrogen and oxygen atoms in total. The highest BCUT2D eigenvalue weighted by atomic mass is 35.5. The van der Waals surface area contributed by atoms with E-state index in [1.807, 2.05) is 0 Å². The quantitative estimate of drug-likeness (QED) is 0.723. The fourth-order valence-corrected chi connectivity index (χ4v) is 2.28. The first-order valence-electron chi connectivity index (χ1n) is 5.93. The Morgan fingerprint density at radius 2 is 1.86 bits per heavy atom. The van der Waals surface area contributed by atoms with Crippen LogP contribution in [-0.2, 0) is 0 Å². The molecule has 0 unspecified atom stereocenters. The minimum atomic E-state index is -2.87. The predicted octanol–water partition coefficient (Wildman–Crippen LogP) is 5.14. The normalized spacial score (nSPS) is 11.3. The van der Waals surface area contributed by atoms with Gasteiger partial charge in [-0.2, -0.15) is 8.78 Å². The van der Waals surface area contributed by atoms with Crippen LogP contribution in [0, 0.1) is 0 Å². The first-order chi connectivity index (χ1) is 10.0. The molecule has 0 spiro atoms. The molecule has 21 heavy (non-hydrogen) atoms. The lowest BCUT2D eigenvalue weighted by molar-refractivity contribution is -0.0498. The maximum Gasteiger partial charge on any atom is 0.387 e. The minimum Gasteiger partial charge on any atom is -0.435 e. The molecule has 0 bridgehead atoms. The van der Waals surface area contributed by atoms with E-state index in [1.165, 1.54) is 12.1 Å². The van der Waals surface area contributed by atoms with Crippen LogP contribution in [0.15, 0.2) is 36.4 Å². The summed E-state index contributed by atoms with van der Waals surface area (Å²) in [6, 6.07) is 9.58. The van der Waals surface area contributed by atoms with Crippen molar-refractivity contribution in [1.82, 2.24) is 9.97 Å². The summed E-state index contributed by atoms with van der Waals surface area (Å²) in [6.07, 6.45) is 0. The highest BCUT2D eigenvalue weighted by Gasteiger charge is 2.10. The number of H-pyrrole nitrogens is 1. The van der Waals surface area contributed by atoms with Crippen molar-refractivity contribution in [3.63, 3.8) is 0 Å². The Balaban J connectivity index is 2.04. The van der Waals surface area contributed by atoms with Crippen molar-refractivity contribution >= 4 is 34.2 Å². The van der Waals surface area contributed by atoms with Crippen LogP contribution in [0.4, 0.5) is 8.78 Å². The van der Waals surface area contributed by atoms with E-state index in [9.17, 15) is 8.78 Å². The average molecular weight is 329 g/mol. The molecule has 2 aromatic carbocycles. The zero-order chi connectivity index (χ0) is 15.0. The number of alkyl halides is 2. The lowest BCUT2D eigenvalue weighted by Gasteiger charge is -2.05. The second-order valence-electron chi connectivity index (χ2n) is 4.28. The number of imidazole rings is 1. The van der Waals surface area contributed by atoms with Gasteiger partial charge in [0.2, 0.25) is 0 Å². The van der Waals surface area contributed by atoms with E-state index >= 15 is 0 Å². The number of aromatic nitrogens is 2. The van der Waals surface area contributed by atoms with Crippen molar-refractivity contribution in [2.24, 2.45) is 0 Å². The number of hydrogen-bond acceptors (Lipinski definition) is 2. The number of nitrogens with one attached hydrogen (secondary N) is 1. The fraction of sp³-hybridized carbons (Fsp3) is 0.0714. The molecule has 1 aromatic heterocycles. The van der Waals surface area contributed by atoms with E-state index in [0.29, 0.717) is 32.5 Å². The lowest BCUT2D eigenvalue weighted by Crippen LogP contribution is -2.01. The molecule has 3 aromatic rings. The van der Waals surface area contributed by atoms with E-state index < -0.39 is 6.61 Å². The summed E-state index contributed by atoms with van der Waals surface area (Å²) < 4.78 is 28.8. The number of hydrogen-bond donors (Lipinski definition) is 1. The van der Waals surface area contributed by atoms with Crippen LogP contribution >= 0.6 is 23.2 Å². The summed E-state index contributed by atoms with van der Waals surface area (Å²) >= 11 is 11.9. The zero-order valence-electron chi connectivity index (χ0n) is 10.4. The third-order valence-corrected chi connectivity index (χ3v) is 3.58. The van der Waals surface area contributed by atoms with Crippen LogP contribution in [0.5, 0.6) is 5.75 Å². The number of benzene rings is 2. The molecule has 0 fully saturated rings. The Hall–Kier alpha value is -1.85. The first kappa shape index (κ1) is 14.1. The molecule has 3 rings (SSSR count). The number of aromatic amines is 1. The SMILES string of the molecule is FC(F)Oc1cccc(-c2nc3cc(Cl)c(Cl)cc3[nH]2)c1. The Kier molecular flexibility index (Phi) is 3.69. The predicted molar refractivity (Wildman–Crippen MR) is 78.2 cm³/mol. The van der Waals surface area contributed by atoms with E-state index in [1.54, 1.807) is 24.3 Å².